The Bertz CT molecular complexity index is 329. The van der Waals surface area contributed by atoms with Crippen LogP contribution in [0.15, 0.2) is 0 Å². The van der Waals surface area contributed by atoms with Crippen LogP contribution in [0.25, 0.3) is 0 Å². The van der Waals surface area contributed by atoms with Crippen molar-refractivity contribution in [3.05, 3.63) is 0 Å². The number of carbonyl (C=O) groups is 2. The lowest BCUT2D eigenvalue weighted by molar-refractivity contribution is -0.156. The highest BCUT2D eigenvalue weighted by atomic mass is 16.5. The SMILES string of the molecule is CCCOCCN1C(=O)C(CCC)NC(=O)C1(C)C. The van der Waals surface area contributed by atoms with Crippen molar-refractivity contribution < 1.29 is 14.3 Å². The lowest BCUT2D eigenvalue weighted by Gasteiger charge is -2.44. The van der Waals surface area contributed by atoms with Crippen LogP contribution in [0.2, 0.25) is 0 Å². The molecule has 5 nitrogen and oxygen atoms in total. The zero-order valence-electron chi connectivity index (χ0n) is 12.5. The van der Waals surface area contributed by atoms with E-state index in [1.54, 1.807) is 18.7 Å². The Labute approximate surface area is 115 Å². The molecule has 0 aromatic rings. The summed E-state index contributed by atoms with van der Waals surface area (Å²) < 4.78 is 5.43. The maximum absolute atomic E-state index is 12.4. The minimum absolute atomic E-state index is 0.00606. The first kappa shape index (κ1) is 16.0. The van der Waals surface area contributed by atoms with E-state index in [4.69, 9.17) is 4.74 Å². The van der Waals surface area contributed by atoms with Gasteiger partial charge in [0.15, 0.2) is 0 Å². The Morgan fingerprint density at radius 1 is 1.21 bits per heavy atom. The summed E-state index contributed by atoms with van der Waals surface area (Å²) in [5.74, 6) is -0.0763. The van der Waals surface area contributed by atoms with Gasteiger partial charge in [-0.3, -0.25) is 9.59 Å². The zero-order valence-corrected chi connectivity index (χ0v) is 12.5. The van der Waals surface area contributed by atoms with Crippen molar-refractivity contribution in [2.45, 2.75) is 58.5 Å². The standard InChI is InChI=1S/C14H26N2O3/c1-5-7-11-12(17)16(8-10-19-9-6-2)14(3,4)13(18)15-11/h11H,5-10H2,1-4H3,(H,15,18). The quantitative estimate of drug-likeness (QED) is 0.710. The summed E-state index contributed by atoms with van der Waals surface area (Å²) in [4.78, 5) is 26.2. The molecular formula is C14H26N2O3. The highest BCUT2D eigenvalue weighted by molar-refractivity contribution is 5.99. The van der Waals surface area contributed by atoms with Gasteiger partial charge >= 0.3 is 0 Å². The van der Waals surface area contributed by atoms with Crippen LogP contribution in [0.4, 0.5) is 0 Å². The molecule has 1 aliphatic heterocycles. The van der Waals surface area contributed by atoms with Crippen molar-refractivity contribution in [1.82, 2.24) is 10.2 Å². The van der Waals surface area contributed by atoms with Crippen molar-refractivity contribution >= 4 is 11.8 Å². The number of carbonyl (C=O) groups excluding carboxylic acids is 2. The molecule has 1 N–H and O–H groups in total. The highest BCUT2D eigenvalue weighted by Crippen LogP contribution is 2.22. The van der Waals surface area contributed by atoms with Gasteiger partial charge in [0.25, 0.3) is 0 Å². The topological polar surface area (TPSA) is 58.6 Å². The summed E-state index contributed by atoms with van der Waals surface area (Å²) in [5, 5.41) is 2.82. The highest BCUT2D eigenvalue weighted by Gasteiger charge is 2.45. The van der Waals surface area contributed by atoms with E-state index in [1.807, 2.05) is 13.8 Å². The predicted molar refractivity (Wildman–Crippen MR) is 73.7 cm³/mol. The molecule has 5 heteroatoms. The molecule has 0 aromatic heterocycles. The van der Waals surface area contributed by atoms with Gasteiger partial charge in [0.05, 0.1) is 6.61 Å². The molecule has 2 amide bonds. The first-order valence-corrected chi connectivity index (χ1v) is 7.15. The van der Waals surface area contributed by atoms with Gasteiger partial charge < -0.3 is 15.0 Å². The van der Waals surface area contributed by atoms with Crippen molar-refractivity contribution in [3.8, 4) is 0 Å². The van der Waals surface area contributed by atoms with Gasteiger partial charge in [-0.2, -0.15) is 0 Å². The second-order valence-electron chi connectivity index (χ2n) is 5.48. The molecule has 1 heterocycles. The van der Waals surface area contributed by atoms with E-state index in [2.05, 4.69) is 5.32 Å². The van der Waals surface area contributed by atoms with Gasteiger partial charge in [-0.25, -0.2) is 0 Å². The lowest BCUT2D eigenvalue weighted by Crippen LogP contribution is -2.68. The number of hydrogen-bond acceptors (Lipinski definition) is 3. The smallest absolute Gasteiger partial charge is 0.246 e. The largest absolute Gasteiger partial charge is 0.380 e. The van der Waals surface area contributed by atoms with E-state index in [0.29, 0.717) is 26.2 Å². The fraction of sp³-hybridized carbons (Fsp3) is 0.857. The molecule has 0 saturated carbocycles. The third-order valence-corrected chi connectivity index (χ3v) is 3.48. The van der Waals surface area contributed by atoms with Gasteiger partial charge in [-0.1, -0.05) is 20.3 Å². The Morgan fingerprint density at radius 3 is 2.47 bits per heavy atom. The number of ether oxygens (including phenoxy) is 1. The van der Waals surface area contributed by atoms with Crippen LogP contribution < -0.4 is 5.32 Å². The third-order valence-electron chi connectivity index (χ3n) is 3.48. The maximum Gasteiger partial charge on any atom is 0.246 e. The van der Waals surface area contributed by atoms with E-state index in [-0.39, 0.29) is 17.9 Å². The molecule has 1 unspecified atom stereocenters. The third kappa shape index (κ3) is 3.69. The van der Waals surface area contributed by atoms with E-state index < -0.39 is 5.54 Å². The number of piperazine rings is 1. The molecule has 1 aliphatic rings. The fourth-order valence-corrected chi connectivity index (χ4v) is 2.26. The van der Waals surface area contributed by atoms with Crippen LogP contribution in [-0.4, -0.2) is 48.1 Å². The maximum atomic E-state index is 12.4. The van der Waals surface area contributed by atoms with Gasteiger partial charge in [-0.15, -0.1) is 0 Å². The average molecular weight is 270 g/mol. The Kier molecular flexibility index (Phi) is 5.79. The van der Waals surface area contributed by atoms with Crippen LogP contribution in [0.1, 0.15) is 47.0 Å². The first-order valence-electron chi connectivity index (χ1n) is 7.15. The minimum Gasteiger partial charge on any atom is -0.380 e. The Balaban J connectivity index is 2.70. The molecule has 110 valence electrons. The molecular weight excluding hydrogens is 244 g/mol. The predicted octanol–water partition coefficient (Wildman–Crippen LogP) is 1.32. The second kappa shape index (κ2) is 6.89. The van der Waals surface area contributed by atoms with Gasteiger partial charge in [-0.05, 0) is 26.7 Å². The number of nitrogens with zero attached hydrogens (tertiary/aromatic N) is 1. The molecule has 1 fully saturated rings. The van der Waals surface area contributed by atoms with Crippen molar-refractivity contribution in [2.24, 2.45) is 0 Å². The zero-order chi connectivity index (χ0) is 14.5. The molecule has 0 aliphatic carbocycles. The number of rotatable bonds is 7. The van der Waals surface area contributed by atoms with Crippen molar-refractivity contribution in [1.29, 1.82) is 0 Å². The summed E-state index contributed by atoms with van der Waals surface area (Å²) in [6.45, 7) is 9.25. The average Bonchev–Trinajstić information content (AvgIpc) is 2.35. The van der Waals surface area contributed by atoms with Gasteiger partial charge in [0.1, 0.15) is 11.6 Å². The molecule has 0 radical (unpaired) electrons. The van der Waals surface area contributed by atoms with Crippen molar-refractivity contribution in [3.63, 3.8) is 0 Å². The summed E-state index contributed by atoms with van der Waals surface area (Å²) >= 11 is 0. The molecule has 1 saturated heterocycles. The van der Waals surface area contributed by atoms with Crippen LogP contribution in [0.3, 0.4) is 0 Å². The monoisotopic (exact) mass is 270 g/mol. The van der Waals surface area contributed by atoms with E-state index >= 15 is 0 Å². The fourth-order valence-electron chi connectivity index (χ4n) is 2.26. The molecule has 0 bridgehead atoms. The van der Waals surface area contributed by atoms with E-state index in [1.165, 1.54) is 0 Å². The number of amides is 2. The normalized spacial score (nSPS) is 22.5. The minimum atomic E-state index is -0.795. The van der Waals surface area contributed by atoms with Gasteiger partial charge in [0, 0.05) is 13.2 Å². The van der Waals surface area contributed by atoms with Crippen molar-refractivity contribution in [2.75, 3.05) is 19.8 Å². The Morgan fingerprint density at radius 2 is 1.89 bits per heavy atom. The van der Waals surface area contributed by atoms with Crippen LogP contribution in [0, 0.1) is 0 Å². The van der Waals surface area contributed by atoms with Crippen LogP contribution >= 0.6 is 0 Å². The van der Waals surface area contributed by atoms with Gasteiger partial charge in [0.2, 0.25) is 11.8 Å². The van der Waals surface area contributed by atoms with E-state index in [9.17, 15) is 9.59 Å². The number of hydrogen-bond donors (Lipinski definition) is 1. The first-order chi connectivity index (χ1) is 8.95. The molecule has 1 rings (SSSR count). The second-order valence-corrected chi connectivity index (χ2v) is 5.48. The van der Waals surface area contributed by atoms with E-state index in [0.717, 1.165) is 12.8 Å². The molecule has 19 heavy (non-hydrogen) atoms. The summed E-state index contributed by atoms with van der Waals surface area (Å²) in [6.07, 6.45) is 2.51. The summed E-state index contributed by atoms with van der Waals surface area (Å²) in [7, 11) is 0. The Hall–Kier alpha value is -1.10. The van der Waals surface area contributed by atoms with Crippen LogP contribution in [-0.2, 0) is 14.3 Å². The molecule has 0 aromatic carbocycles. The number of nitrogens with one attached hydrogen (secondary N) is 1. The lowest BCUT2D eigenvalue weighted by atomic mass is 9.94. The molecule has 1 atom stereocenters. The molecule has 0 spiro atoms. The summed E-state index contributed by atoms with van der Waals surface area (Å²) in [6, 6.07) is -0.378. The van der Waals surface area contributed by atoms with Crippen LogP contribution in [0.5, 0.6) is 0 Å². The summed E-state index contributed by atoms with van der Waals surface area (Å²) in [5.41, 5.74) is -0.795.